The molecule has 5 rings (SSSR count). The van der Waals surface area contributed by atoms with Gasteiger partial charge in [0.05, 0.1) is 12.1 Å². The zero-order chi connectivity index (χ0) is 23.3. The van der Waals surface area contributed by atoms with E-state index in [-0.39, 0.29) is 23.7 Å². The van der Waals surface area contributed by atoms with Crippen molar-refractivity contribution in [2.24, 2.45) is 5.73 Å². The van der Waals surface area contributed by atoms with E-state index in [1.54, 1.807) is 23.1 Å². The number of amides is 1. The van der Waals surface area contributed by atoms with Gasteiger partial charge in [-0.25, -0.2) is 0 Å². The summed E-state index contributed by atoms with van der Waals surface area (Å²) in [5.41, 5.74) is 9.20. The van der Waals surface area contributed by atoms with Gasteiger partial charge in [-0.15, -0.1) is 6.42 Å². The fourth-order valence-electron chi connectivity index (χ4n) is 5.37. The molecule has 2 heterocycles. The van der Waals surface area contributed by atoms with Gasteiger partial charge in [0.2, 0.25) is 5.91 Å². The standard InChI is InChI=1S/C27H22N4O2/c1-3-15-30-21-8-5-4-7-19(21)27(26(30)33)20(16-28)25(29)31(18-13-11-17(2)12-14-18)22-9-6-10-23(32)24(22)27/h1,4-5,7-8,11-14H,6,9-10,15,29H2,2H3. The van der Waals surface area contributed by atoms with Gasteiger partial charge in [0, 0.05) is 34.6 Å². The van der Waals surface area contributed by atoms with Gasteiger partial charge in [-0.3, -0.25) is 19.4 Å². The van der Waals surface area contributed by atoms with Gasteiger partial charge in [-0.1, -0.05) is 41.8 Å². The van der Waals surface area contributed by atoms with E-state index in [9.17, 15) is 14.9 Å². The SMILES string of the molecule is C#CCN1C(=O)C2(C(C#N)=C(N)N(c3ccc(C)cc3)C3=C2C(=O)CCC3)c2ccccc21. The third-order valence-electron chi connectivity index (χ3n) is 6.72. The highest BCUT2D eigenvalue weighted by molar-refractivity contribution is 6.20. The Labute approximate surface area is 192 Å². The molecule has 33 heavy (non-hydrogen) atoms. The number of benzene rings is 2. The molecule has 0 radical (unpaired) electrons. The number of Topliss-reactive ketones (excluding diaryl/α,β-unsaturated/α-hetero) is 1. The van der Waals surface area contributed by atoms with Crippen LogP contribution in [0.5, 0.6) is 0 Å². The van der Waals surface area contributed by atoms with Crippen molar-refractivity contribution >= 4 is 23.1 Å². The summed E-state index contributed by atoms with van der Waals surface area (Å²) in [4.78, 5) is 30.9. The number of para-hydroxylation sites is 1. The topological polar surface area (TPSA) is 90.4 Å². The Kier molecular flexibility index (Phi) is 4.62. The van der Waals surface area contributed by atoms with Crippen LogP contribution in [-0.2, 0) is 15.0 Å². The van der Waals surface area contributed by atoms with E-state index in [1.165, 1.54) is 4.90 Å². The summed E-state index contributed by atoms with van der Waals surface area (Å²) in [6.07, 6.45) is 7.11. The molecule has 0 saturated carbocycles. The number of hydrogen-bond acceptors (Lipinski definition) is 5. The molecule has 2 aromatic rings. The van der Waals surface area contributed by atoms with Crippen LogP contribution in [0.3, 0.4) is 0 Å². The molecular weight excluding hydrogens is 412 g/mol. The van der Waals surface area contributed by atoms with Crippen LogP contribution < -0.4 is 15.5 Å². The summed E-state index contributed by atoms with van der Waals surface area (Å²) in [7, 11) is 0. The third kappa shape index (κ3) is 2.61. The van der Waals surface area contributed by atoms with E-state index >= 15 is 0 Å². The number of nitriles is 1. The van der Waals surface area contributed by atoms with Gasteiger partial charge in [-0.05, 0) is 38.0 Å². The van der Waals surface area contributed by atoms with Crippen molar-refractivity contribution in [1.29, 1.82) is 5.26 Å². The second-order valence-electron chi connectivity index (χ2n) is 8.50. The van der Waals surface area contributed by atoms with E-state index in [0.717, 1.165) is 11.3 Å². The van der Waals surface area contributed by atoms with Crippen LogP contribution >= 0.6 is 0 Å². The average molecular weight is 434 g/mol. The number of allylic oxidation sites excluding steroid dienone is 1. The average Bonchev–Trinajstić information content (AvgIpc) is 3.05. The second kappa shape index (κ2) is 7.39. The maximum Gasteiger partial charge on any atom is 0.248 e. The van der Waals surface area contributed by atoms with Gasteiger partial charge < -0.3 is 5.73 Å². The van der Waals surface area contributed by atoms with E-state index in [2.05, 4.69) is 12.0 Å². The highest BCUT2D eigenvalue weighted by atomic mass is 16.2. The third-order valence-corrected chi connectivity index (χ3v) is 6.72. The molecule has 0 bridgehead atoms. The molecule has 1 spiro atoms. The van der Waals surface area contributed by atoms with Gasteiger partial charge in [0.1, 0.15) is 17.3 Å². The number of aryl methyl sites for hydroxylation is 1. The Balaban J connectivity index is 1.88. The van der Waals surface area contributed by atoms with Crippen LogP contribution in [0.1, 0.15) is 30.4 Å². The molecule has 0 fully saturated rings. The molecule has 3 aliphatic rings. The second-order valence-corrected chi connectivity index (χ2v) is 8.50. The number of carbonyl (C=O) groups excluding carboxylic acids is 2. The first-order chi connectivity index (χ1) is 16.0. The van der Waals surface area contributed by atoms with Crippen molar-refractivity contribution in [2.45, 2.75) is 31.6 Å². The minimum Gasteiger partial charge on any atom is -0.384 e. The fraction of sp³-hybridized carbons (Fsp3) is 0.222. The summed E-state index contributed by atoms with van der Waals surface area (Å²) >= 11 is 0. The smallest absolute Gasteiger partial charge is 0.248 e. The maximum absolute atomic E-state index is 14.1. The lowest BCUT2D eigenvalue weighted by molar-refractivity contribution is -0.124. The lowest BCUT2D eigenvalue weighted by Crippen LogP contribution is -2.52. The lowest BCUT2D eigenvalue weighted by atomic mass is 9.64. The zero-order valence-electron chi connectivity index (χ0n) is 18.3. The van der Waals surface area contributed by atoms with E-state index < -0.39 is 11.3 Å². The Morgan fingerprint density at radius 2 is 1.85 bits per heavy atom. The molecule has 6 nitrogen and oxygen atoms in total. The predicted octanol–water partition coefficient (Wildman–Crippen LogP) is 3.43. The van der Waals surface area contributed by atoms with Crippen LogP contribution in [0.4, 0.5) is 11.4 Å². The van der Waals surface area contributed by atoms with Crippen LogP contribution in [0.2, 0.25) is 0 Å². The maximum atomic E-state index is 14.1. The van der Waals surface area contributed by atoms with Crippen LogP contribution in [0.15, 0.2) is 71.2 Å². The molecule has 6 heteroatoms. The number of nitrogens with zero attached hydrogens (tertiary/aromatic N) is 3. The molecule has 1 atom stereocenters. The molecule has 162 valence electrons. The number of ketones is 1. The van der Waals surface area contributed by atoms with Crippen molar-refractivity contribution < 1.29 is 9.59 Å². The number of rotatable bonds is 2. The fourth-order valence-corrected chi connectivity index (χ4v) is 5.37. The monoisotopic (exact) mass is 434 g/mol. The number of fused-ring (bicyclic) bond motifs is 3. The molecule has 1 amide bonds. The van der Waals surface area contributed by atoms with Gasteiger partial charge >= 0.3 is 0 Å². The Hall–Kier alpha value is -4.29. The number of carbonyl (C=O) groups is 2. The Morgan fingerprint density at radius 3 is 2.55 bits per heavy atom. The quantitative estimate of drug-likeness (QED) is 0.732. The number of hydrogen-bond donors (Lipinski definition) is 1. The molecule has 0 saturated heterocycles. The van der Waals surface area contributed by atoms with E-state index in [0.29, 0.717) is 41.8 Å². The van der Waals surface area contributed by atoms with Crippen LogP contribution in [0, 0.1) is 30.6 Å². The lowest BCUT2D eigenvalue weighted by Gasteiger charge is -2.43. The highest BCUT2D eigenvalue weighted by Gasteiger charge is 2.62. The molecule has 0 aromatic heterocycles. The van der Waals surface area contributed by atoms with Gasteiger partial charge in [-0.2, -0.15) is 5.26 Å². The molecule has 1 aliphatic carbocycles. The first-order valence-corrected chi connectivity index (χ1v) is 10.9. The summed E-state index contributed by atoms with van der Waals surface area (Å²) in [5.74, 6) is 2.17. The largest absolute Gasteiger partial charge is 0.384 e. The Morgan fingerprint density at radius 1 is 1.12 bits per heavy atom. The summed E-state index contributed by atoms with van der Waals surface area (Å²) < 4.78 is 0. The summed E-state index contributed by atoms with van der Waals surface area (Å²) in [6.45, 7) is 2.02. The number of terminal acetylenes is 1. The molecule has 2 aromatic carbocycles. The van der Waals surface area contributed by atoms with E-state index in [1.807, 2.05) is 37.3 Å². The molecular formula is C27H22N4O2. The molecule has 2 N–H and O–H groups in total. The van der Waals surface area contributed by atoms with Crippen LogP contribution in [-0.4, -0.2) is 18.2 Å². The molecule has 2 aliphatic heterocycles. The van der Waals surface area contributed by atoms with Crippen molar-refractivity contribution in [2.75, 3.05) is 16.3 Å². The highest BCUT2D eigenvalue weighted by Crippen LogP contribution is 2.56. The number of anilines is 2. The van der Waals surface area contributed by atoms with Crippen molar-refractivity contribution in [1.82, 2.24) is 0 Å². The normalized spacial score (nSPS) is 21.8. The number of nitrogens with two attached hydrogens (primary N) is 1. The summed E-state index contributed by atoms with van der Waals surface area (Å²) in [5, 5.41) is 10.4. The first kappa shape index (κ1) is 20.6. The van der Waals surface area contributed by atoms with Gasteiger partial charge in [0.25, 0.3) is 0 Å². The van der Waals surface area contributed by atoms with Crippen molar-refractivity contribution in [3.05, 3.63) is 82.3 Å². The van der Waals surface area contributed by atoms with E-state index in [4.69, 9.17) is 12.2 Å². The summed E-state index contributed by atoms with van der Waals surface area (Å²) in [6, 6.07) is 17.1. The Bertz CT molecular complexity index is 1350. The minimum absolute atomic E-state index is 0.0364. The van der Waals surface area contributed by atoms with Crippen molar-refractivity contribution in [3.8, 4) is 18.4 Å². The zero-order valence-corrected chi connectivity index (χ0v) is 18.3. The van der Waals surface area contributed by atoms with Crippen LogP contribution in [0.25, 0.3) is 0 Å². The minimum atomic E-state index is -1.58. The molecule has 1 unspecified atom stereocenters. The predicted molar refractivity (Wildman–Crippen MR) is 126 cm³/mol. The van der Waals surface area contributed by atoms with Gasteiger partial charge in [0.15, 0.2) is 5.78 Å². The van der Waals surface area contributed by atoms with Crippen molar-refractivity contribution in [3.63, 3.8) is 0 Å². The first-order valence-electron chi connectivity index (χ1n) is 10.9.